The quantitative estimate of drug-likeness (QED) is 0.0406. The number of phenols is 3. The van der Waals surface area contributed by atoms with Crippen molar-refractivity contribution in [2.45, 2.75) is 233 Å². The minimum atomic E-state index is -2.39. The number of ether oxygens (including phenoxy) is 9. The van der Waals surface area contributed by atoms with Gasteiger partial charge < -0.3 is 148 Å². The van der Waals surface area contributed by atoms with Crippen LogP contribution in [0.25, 0.3) is 11.1 Å². The molecule has 0 radical (unpaired) electrons. The molecule has 8 aliphatic heterocycles. The summed E-state index contributed by atoms with van der Waals surface area (Å²) in [6.45, 7) is 11.7. The Kier molecular flexibility index (Phi) is 29.3. The molecule has 124 heavy (non-hydrogen) atoms. The molecule has 11 bridgehead atoms. The highest BCUT2D eigenvalue weighted by Gasteiger charge is 2.53. The number of aliphatic carboxylic acids is 1. The predicted octanol–water partition coefficient (Wildman–Crippen LogP) is 3.74. The maximum atomic E-state index is 16.5. The standard InChI is InChI=1S/C85H104Cl2N10O27/c1-9-10-11-22-116-45-17-12-39(13-18-45)34-91-85(7)33-61(118-38(5)75(85)107)123-73-70(105)69(104)58(35-98)121-83(73)124-72-56-27-43-28-57(72)120-55-21-16-42(26-49(55)87)71(122-60-32-84(6,89)74(106)37(4)117-60)67-81(113)95-65(82(114)115)47-29-44(99)30-53(101)62(47)46-24-40(14-19-52(46)100)63(78(110)97-67)94-79(111)64(43)93-77(109)51(31-59(88)102)92-80(112)66(96-76(108)50(90-8)23-36(2)3)68(103)41-15-20-54(119-56)48(86)25-41/h12-21,24-30,36-38,50-51,58,60-61,63-71,73-75,83,90-91,98-101,103-107H,9-11,22-23,31-35,89H2,1-8H3,(H2,88,102)(H,92,112)(H,93,109)(H,94,111)(H,95,113)(H,96,108)(H,97,110)(H,114,115)/t37-,38-,50+,51-,58+,60-,61-,63+,64+,65?,66+,67-,68+,69+,70-,71+,73+,74-,75-,83-,84-,85-/m0/s1. The maximum absolute atomic E-state index is 16.5. The number of nitrogens with two attached hydrogens (primary N) is 2. The number of aliphatic hydroxyl groups excluding tert-OH is 6. The van der Waals surface area contributed by atoms with E-state index in [1.807, 2.05) is 38.1 Å². The number of fused-ring (bicyclic) bond motifs is 15. The molecular formula is C85H104Cl2N10O27. The summed E-state index contributed by atoms with van der Waals surface area (Å²) in [5, 5.41) is 137. The third-order valence-corrected chi connectivity index (χ3v) is 23.3. The van der Waals surface area contributed by atoms with Crippen LogP contribution in [0.1, 0.15) is 157 Å². The topological polar surface area (TPSA) is 570 Å². The van der Waals surface area contributed by atoms with Gasteiger partial charge in [0.15, 0.2) is 36.2 Å². The van der Waals surface area contributed by atoms with Crippen LogP contribution in [-0.4, -0.2) is 222 Å². The average molecular weight is 1770 g/mol. The van der Waals surface area contributed by atoms with E-state index < -0.39 is 261 Å². The number of phenolic OH excluding ortho intramolecular Hbond substituents is 3. The van der Waals surface area contributed by atoms with Crippen molar-refractivity contribution in [1.82, 2.24) is 42.5 Å². The number of benzene rings is 6. The number of aliphatic hydroxyl groups is 6. The first-order valence-electron chi connectivity index (χ1n) is 40.5. The molecule has 39 heteroatoms. The highest BCUT2D eigenvalue weighted by atomic mass is 35.5. The molecule has 6 aromatic rings. The van der Waals surface area contributed by atoms with E-state index in [1.165, 1.54) is 51.2 Å². The van der Waals surface area contributed by atoms with E-state index in [0.717, 1.165) is 73.4 Å². The molecule has 8 aliphatic rings. The zero-order chi connectivity index (χ0) is 89.8. The molecule has 7 amide bonds. The Balaban J connectivity index is 1.08. The molecule has 3 saturated heterocycles. The highest BCUT2D eigenvalue weighted by Crippen LogP contribution is 2.51. The summed E-state index contributed by atoms with van der Waals surface area (Å²) in [7, 11) is 1.48. The van der Waals surface area contributed by atoms with Gasteiger partial charge in [-0.2, -0.15) is 0 Å². The lowest BCUT2D eigenvalue weighted by molar-refractivity contribution is -0.334. The highest BCUT2D eigenvalue weighted by molar-refractivity contribution is 6.32. The largest absolute Gasteiger partial charge is 0.508 e. The maximum Gasteiger partial charge on any atom is 0.330 e. The molecule has 22 atom stereocenters. The number of carbonyl (C=O) groups is 8. The van der Waals surface area contributed by atoms with Gasteiger partial charge in [-0.05, 0) is 148 Å². The fraction of sp³-hybridized carbons (Fsp3) is 0.482. The van der Waals surface area contributed by atoms with Crippen LogP contribution >= 0.6 is 23.2 Å². The van der Waals surface area contributed by atoms with E-state index in [1.54, 1.807) is 13.8 Å². The van der Waals surface area contributed by atoms with E-state index in [9.17, 15) is 65.4 Å². The van der Waals surface area contributed by atoms with E-state index in [4.69, 9.17) is 77.3 Å². The van der Waals surface area contributed by atoms with Gasteiger partial charge in [-0.25, -0.2) is 4.79 Å². The molecule has 1 unspecified atom stereocenters. The number of primary amides is 1. The minimum Gasteiger partial charge on any atom is -0.508 e. The van der Waals surface area contributed by atoms with Crippen LogP contribution in [0.5, 0.6) is 51.7 Å². The van der Waals surface area contributed by atoms with Gasteiger partial charge >= 0.3 is 5.97 Å². The Labute approximate surface area is 722 Å². The smallest absolute Gasteiger partial charge is 0.330 e. The Morgan fingerprint density at radius 3 is 1.91 bits per heavy atom. The number of carboxylic acids is 1. The van der Waals surface area contributed by atoms with Crippen molar-refractivity contribution in [3.63, 3.8) is 0 Å². The van der Waals surface area contributed by atoms with Gasteiger partial charge in [-0.1, -0.05) is 87.1 Å². The SMILES string of the molecule is CCCCCOc1ccc(CN[C@@]2(C)C[C@H](O[C@H]3[C@H](Oc4c5cc6cc4Oc4ccc(cc4Cl)[C@@H](O[C@H]4C[C@](C)(N)[C@@H](O)[C@H](C)O4)[C@@H]4NC(=O)[C@H](NC(=O)[C@@H]6NC(=O)[C@H](CC(N)=O)NC(=O)[C@H](NC(=O)[C@@H](CC(C)C)NC)[C@H](O)c6ccc(c(Cl)c6)O5)c5ccc(O)c(c5)-c5c(O)cc(O)cc5C(C(=O)O)NC4=O)O[C@H](CO)[C@@H](O)[C@@H]3O)O[C@@H](C)[C@@H]2O)cc1. The first-order valence-corrected chi connectivity index (χ1v) is 41.3. The summed E-state index contributed by atoms with van der Waals surface area (Å²) in [6.07, 6.45) is -20.0. The van der Waals surface area contributed by atoms with Crippen molar-refractivity contribution in [3.8, 4) is 62.9 Å². The number of hydrogen-bond donors (Lipinski definition) is 20. The Morgan fingerprint density at radius 1 is 0.669 bits per heavy atom. The molecule has 8 heterocycles. The summed E-state index contributed by atoms with van der Waals surface area (Å²) in [5.74, 6) is -15.4. The summed E-state index contributed by atoms with van der Waals surface area (Å²) >= 11 is 14.7. The Bertz CT molecular complexity index is 4960. The third-order valence-electron chi connectivity index (χ3n) is 22.7. The van der Waals surface area contributed by atoms with Gasteiger partial charge in [0.25, 0.3) is 0 Å². The van der Waals surface area contributed by atoms with Crippen LogP contribution in [-0.2, 0) is 68.6 Å². The molecule has 0 saturated carbocycles. The van der Waals surface area contributed by atoms with E-state index in [-0.39, 0.29) is 59.2 Å². The third kappa shape index (κ3) is 20.8. The summed E-state index contributed by atoms with van der Waals surface area (Å²) in [6, 6.07) is 7.00. The molecular weight excluding hydrogens is 1660 g/mol. The number of hydrogen-bond acceptors (Lipinski definition) is 29. The number of aromatic hydroxyl groups is 3. The number of unbranched alkanes of at least 4 members (excludes halogenated alkanes) is 2. The fourth-order valence-corrected chi connectivity index (χ4v) is 16.4. The van der Waals surface area contributed by atoms with Crippen LogP contribution in [0.4, 0.5) is 0 Å². The van der Waals surface area contributed by atoms with Crippen LogP contribution in [0.2, 0.25) is 10.0 Å². The predicted molar refractivity (Wildman–Crippen MR) is 440 cm³/mol. The molecule has 37 nitrogen and oxygen atoms in total. The molecule has 14 rings (SSSR count). The Morgan fingerprint density at radius 2 is 1.29 bits per heavy atom. The lowest BCUT2D eigenvalue weighted by atomic mass is 9.84. The molecule has 6 aromatic carbocycles. The number of rotatable bonds is 23. The van der Waals surface area contributed by atoms with Gasteiger partial charge in [0, 0.05) is 53.2 Å². The van der Waals surface area contributed by atoms with Crippen LogP contribution in [0.3, 0.4) is 0 Å². The van der Waals surface area contributed by atoms with Gasteiger partial charge in [0.2, 0.25) is 53.4 Å². The van der Waals surface area contributed by atoms with Crippen molar-refractivity contribution in [2.75, 3.05) is 20.3 Å². The zero-order valence-electron chi connectivity index (χ0n) is 68.8. The van der Waals surface area contributed by atoms with Gasteiger partial charge in [-0.3, -0.25) is 33.6 Å². The second-order valence-corrected chi connectivity index (χ2v) is 33.5. The lowest BCUT2D eigenvalue weighted by Gasteiger charge is -2.48. The van der Waals surface area contributed by atoms with E-state index >= 15 is 24.0 Å². The number of carboxylic acid groups (broad SMARTS) is 1. The fourth-order valence-electron chi connectivity index (χ4n) is 16.0. The normalized spacial score (nSPS) is 29.9. The second-order valence-electron chi connectivity index (χ2n) is 32.7. The monoisotopic (exact) mass is 1770 g/mol. The van der Waals surface area contributed by atoms with Crippen molar-refractivity contribution >= 4 is 70.5 Å². The molecule has 3 fully saturated rings. The van der Waals surface area contributed by atoms with E-state index in [2.05, 4.69) is 49.5 Å². The number of nitrogens with one attached hydrogen (secondary N) is 8. The van der Waals surface area contributed by atoms with E-state index in [0.29, 0.717) is 12.4 Å². The van der Waals surface area contributed by atoms with Crippen LogP contribution < -0.4 is 72.9 Å². The molecule has 0 aliphatic carbocycles. The first-order chi connectivity index (χ1) is 58.8. The van der Waals surface area contributed by atoms with Gasteiger partial charge in [0.05, 0.1) is 60.1 Å². The molecule has 0 spiro atoms. The summed E-state index contributed by atoms with van der Waals surface area (Å²) in [5.41, 5.74) is 7.81. The number of likely N-dealkylation sites (N-methyl/N-ethyl adjacent to an activating group) is 1. The molecule has 22 N–H and O–H groups in total. The van der Waals surface area contributed by atoms with Crippen molar-refractivity contribution < 1.29 is 132 Å². The van der Waals surface area contributed by atoms with Crippen molar-refractivity contribution in [3.05, 3.63) is 147 Å². The van der Waals surface area contributed by atoms with Gasteiger partial charge in [0.1, 0.15) is 95.2 Å². The molecule has 670 valence electrons. The number of amides is 7. The van der Waals surface area contributed by atoms with Crippen molar-refractivity contribution in [1.29, 1.82) is 0 Å². The van der Waals surface area contributed by atoms with Gasteiger partial charge in [-0.15, -0.1) is 0 Å². The van der Waals surface area contributed by atoms with Crippen LogP contribution in [0, 0.1) is 5.92 Å². The van der Waals surface area contributed by atoms with Crippen molar-refractivity contribution in [2.24, 2.45) is 17.4 Å². The van der Waals surface area contributed by atoms with Crippen LogP contribution in [0.15, 0.2) is 103 Å². The summed E-state index contributed by atoms with van der Waals surface area (Å²) in [4.78, 5) is 121. The molecule has 0 aromatic heterocycles. The minimum absolute atomic E-state index is 0.117. The second kappa shape index (κ2) is 39.1. The zero-order valence-corrected chi connectivity index (χ0v) is 70.3. The number of carbonyl (C=O) groups excluding carboxylic acids is 7. The average Bonchev–Trinajstić information content (AvgIpc) is 0.757. The lowest BCUT2D eigenvalue weighted by Crippen LogP contribution is -2.65. The summed E-state index contributed by atoms with van der Waals surface area (Å²) < 4.78 is 58.8. The first kappa shape index (κ1) is 92.9. The number of halogens is 2. The Hall–Kier alpha value is -10.3.